The zero-order valence-electron chi connectivity index (χ0n) is 20.5. The quantitative estimate of drug-likeness (QED) is 0.364. The number of benzene rings is 2. The van der Waals surface area contributed by atoms with Gasteiger partial charge in [0.15, 0.2) is 5.65 Å². The second-order valence-electron chi connectivity index (χ2n) is 9.42. The zero-order chi connectivity index (χ0) is 25.4. The smallest absolute Gasteiger partial charge is 0.240 e. The molecule has 2 aromatic heterocycles. The summed E-state index contributed by atoms with van der Waals surface area (Å²) >= 11 is 5.89. The van der Waals surface area contributed by atoms with Crippen molar-refractivity contribution in [2.45, 2.75) is 63.4 Å². The fourth-order valence-corrected chi connectivity index (χ4v) is 6.22. The molecule has 0 aliphatic heterocycles. The lowest BCUT2D eigenvalue weighted by molar-refractivity contribution is 0.387. The monoisotopic (exact) mass is 524 g/mol. The molecule has 2 heterocycles. The van der Waals surface area contributed by atoms with E-state index in [0.29, 0.717) is 10.8 Å². The van der Waals surface area contributed by atoms with Crippen LogP contribution in [0.25, 0.3) is 16.7 Å². The molecule has 188 valence electrons. The van der Waals surface area contributed by atoms with Crippen LogP contribution in [-0.4, -0.2) is 40.2 Å². The molecule has 1 fully saturated rings. The van der Waals surface area contributed by atoms with E-state index in [1.165, 1.54) is 12.1 Å². The second-order valence-corrected chi connectivity index (χ2v) is 11.6. The molecule has 4 aromatic rings. The predicted molar refractivity (Wildman–Crippen MR) is 142 cm³/mol. The van der Waals surface area contributed by atoms with E-state index in [0.717, 1.165) is 59.5 Å². The van der Waals surface area contributed by atoms with Gasteiger partial charge in [-0.15, -0.1) is 0 Å². The van der Waals surface area contributed by atoms with Crippen molar-refractivity contribution in [2.75, 3.05) is 5.32 Å². The van der Waals surface area contributed by atoms with Crippen LogP contribution in [0.5, 0.6) is 0 Å². The second kappa shape index (κ2) is 9.80. The Morgan fingerprint density at radius 3 is 2.33 bits per heavy atom. The van der Waals surface area contributed by atoms with E-state index in [-0.39, 0.29) is 17.0 Å². The molecule has 0 saturated heterocycles. The molecule has 0 bridgehead atoms. The highest BCUT2D eigenvalue weighted by Crippen LogP contribution is 2.30. The molecule has 2 aromatic carbocycles. The molecule has 1 aliphatic carbocycles. The number of nitrogens with one attached hydrogen (secondary N) is 2. The number of nitrogens with zero attached hydrogens (tertiary/aromatic N) is 4. The Labute approximate surface area is 216 Å². The van der Waals surface area contributed by atoms with E-state index in [4.69, 9.17) is 26.7 Å². The first kappa shape index (κ1) is 24.7. The summed E-state index contributed by atoms with van der Waals surface area (Å²) in [7, 11) is -3.58. The lowest BCUT2D eigenvalue weighted by Gasteiger charge is -2.30. The van der Waals surface area contributed by atoms with Crippen LogP contribution >= 0.6 is 11.6 Å². The van der Waals surface area contributed by atoms with Gasteiger partial charge in [-0.3, -0.25) is 0 Å². The van der Waals surface area contributed by atoms with Gasteiger partial charge in [0, 0.05) is 17.1 Å². The number of hydrogen-bond donors (Lipinski definition) is 2. The van der Waals surface area contributed by atoms with Crippen LogP contribution in [0.3, 0.4) is 0 Å². The highest BCUT2D eigenvalue weighted by Gasteiger charge is 2.27. The largest absolute Gasteiger partial charge is 0.367 e. The van der Waals surface area contributed by atoms with Gasteiger partial charge in [-0.05, 0) is 88.4 Å². The average molecular weight is 525 g/mol. The van der Waals surface area contributed by atoms with Crippen molar-refractivity contribution in [2.24, 2.45) is 0 Å². The first-order valence-corrected chi connectivity index (χ1v) is 13.9. The molecule has 5 rings (SSSR count). The SMILES string of the molecule is Cc1cccc(-n2nc(C)c3c(NC4CCC(NS(=O)(=O)c5ccc(Cl)cc5)CC4)nc(C)nc32)c1. The number of anilines is 1. The lowest BCUT2D eigenvalue weighted by atomic mass is 9.92. The van der Waals surface area contributed by atoms with Crippen molar-refractivity contribution in [1.82, 2.24) is 24.5 Å². The summed E-state index contributed by atoms with van der Waals surface area (Å²) in [5, 5.41) is 9.80. The van der Waals surface area contributed by atoms with Gasteiger partial charge in [-0.2, -0.15) is 5.10 Å². The van der Waals surface area contributed by atoms with Gasteiger partial charge in [0.25, 0.3) is 0 Å². The van der Waals surface area contributed by atoms with Crippen molar-refractivity contribution < 1.29 is 8.42 Å². The number of sulfonamides is 1. The Bertz CT molecular complexity index is 1510. The third-order valence-corrected chi connectivity index (χ3v) is 8.36. The number of halogens is 1. The molecular weight excluding hydrogens is 496 g/mol. The topological polar surface area (TPSA) is 102 Å². The summed E-state index contributed by atoms with van der Waals surface area (Å²) < 4.78 is 30.2. The molecule has 0 atom stereocenters. The first-order chi connectivity index (χ1) is 17.2. The number of fused-ring (bicyclic) bond motifs is 1. The van der Waals surface area contributed by atoms with E-state index in [2.05, 4.69) is 29.1 Å². The molecule has 1 aliphatic rings. The third kappa shape index (κ3) is 5.09. The van der Waals surface area contributed by atoms with Gasteiger partial charge in [0.1, 0.15) is 11.6 Å². The number of aryl methyl sites for hydroxylation is 3. The van der Waals surface area contributed by atoms with Gasteiger partial charge in [0.2, 0.25) is 10.0 Å². The molecule has 2 N–H and O–H groups in total. The Kier molecular flexibility index (Phi) is 6.72. The van der Waals surface area contributed by atoms with Gasteiger partial charge in [-0.1, -0.05) is 23.7 Å². The summed E-state index contributed by atoms with van der Waals surface area (Å²) in [4.78, 5) is 9.64. The van der Waals surface area contributed by atoms with Crippen LogP contribution in [-0.2, 0) is 10.0 Å². The highest BCUT2D eigenvalue weighted by atomic mass is 35.5. The van der Waals surface area contributed by atoms with Crippen LogP contribution < -0.4 is 10.0 Å². The summed E-state index contributed by atoms with van der Waals surface area (Å²) in [6.07, 6.45) is 3.12. The van der Waals surface area contributed by atoms with Crippen molar-refractivity contribution in [3.8, 4) is 5.69 Å². The normalized spacial score (nSPS) is 18.4. The molecular formula is C26H29ClN6O2S. The Morgan fingerprint density at radius 1 is 0.944 bits per heavy atom. The predicted octanol–water partition coefficient (Wildman–Crippen LogP) is 5.10. The van der Waals surface area contributed by atoms with Gasteiger partial charge < -0.3 is 5.32 Å². The zero-order valence-corrected chi connectivity index (χ0v) is 22.1. The van der Waals surface area contributed by atoms with Gasteiger partial charge in [0.05, 0.1) is 21.7 Å². The maximum atomic E-state index is 12.7. The van der Waals surface area contributed by atoms with Crippen molar-refractivity contribution in [3.63, 3.8) is 0 Å². The van der Waals surface area contributed by atoms with E-state index in [1.807, 2.05) is 30.7 Å². The van der Waals surface area contributed by atoms with Crippen LogP contribution in [0.4, 0.5) is 5.82 Å². The van der Waals surface area contributed by atoms with Crippen molar-refractivity contribution in [3.05, 3.63) is 70.6 Å². The highest BCUT2D eigenvalue weighted by molar-refractivity contribution is 7.89. The molecule has 0 radical (unpaired) electrons. The summed E-state index contributed by atoms with van der Waals surface area (Å²) in [5.41, 5.74) is 3.75. The van der Waals surface area contributed by atoms with E-state index < -0.39 is 10.0 Å². The van der Waals surface area contributed by atoms with Gasteiger partial charge in [-0.25, -0.2) is 27.8 Å². The minimum absolute atomic E-state index is 0.110. The summed E-state index contributed by atoms with van der Waals surface area (Å²) in [5.74, 6) is 1.45. The Balaban J connectivity index is 1.31. The third-order valence-electron chi connectivity index (χ3n) is 6.57. The summed E-state index contributed by atoms with van der Waals surface area (Å²) in [6, 6.07) is 14.5. The Hall–Kier alpha value is -3.01. The number of hydrogen-bond acceptors (Lipinski definition) is 6. The number of aromatic nitrogens is 4. The molecule has 36 heavy (non-hydrogen) atoms. The maximum Gasteiger partial charge on any atom is 0.240 e. The van der Waals surface area contributed by atoms with Crippen molar-refractivity contribution >= 4 is 38.5 Å². The van der Waals surface area contributed by atoms with Crippen LogP contribution in [0.15, 0.2) is 53.4 Å². The lowest BCUT2D eigenvalue weighted by Crippen LogP contribution is -2.40. The van der Waals surface area contributed by atoms with E-state index in [9.17, 15) is 8.42 Å². The maximum absolute atomic E-state index is 12.7. The minimum Gasteiger partial charge on any atom is -0.367 e. The van der Waals surface area contributed by atoms with Crippen LogP contribution in [0.1, 0.15) is 42.8 Å². The van der Waals surface area contributed by atoms with E-state index >= 15 is 0 Å². The summed E-state index contributed by atoms with van der Waals surface area (Å²) in [6.45, 7) is 5.91. The average Bonchev–Trinajstić information content (AvgIpc) is 3.16. The molecule has 1 saturated carbocycles. The van der Waals surface area contributed by atoms with Gasteiger partial charge >= 0.3 is 0 Å². The number of rotatable bonds is 6. The van der Waals surface area contributed by atoms with Crippen LogP contribution in [0, 0.1) is 20.8 Å². The molecule has 8 nitrogen and oxygen atoms in total. The van der Waals surface area contributed by atoms with E-state index in [1.54, 1.807) is 12.1 Å². The minimum atomic E-state index is -3.58. The Morgan fingerprint density at radius 2 is 1.64 bits per heavy atom. The first-order valence-electron chi connectivity index (χ1n) is 12.0. The molecule has 10 heteroatoms. The standard InChI is InChI=1S/C26H29ClN6O2S/c1-16-5-4-6-22(15-16)33-26-24(17(2)31-33)25(28-18(3)29-26)30-20-9-11-21(12-10-20)32-36(34,35)23-13-7-19(27)8-14-23/h4-8,13-15,20-21,32H,9-12H2,1-3H3,(H,28,29,30). The molecule has 0 unspecified atom stereocenters. The fraction of sp³-hybridized carbons (Fsp3) is 0.346. The van der Waals surface area contributed by atoms with Crippen LogP contribution in [0.2, 0.25) is 5.02 Å². The fourth-order valence-electron chi connectivity index (χ4n) is 4.79. The molecule has 0 amide bonds. The van der Waals surface area contributed by atoms with Crippen molar-refractivity contribution in [1.29, 1.82) is 0 Å². The molecule has 0 spiro atoms.